The van der Waals surface area contributed by atoms with Crippen LogP contribution in [-0.4, -0.2) is 34.7 Å². The molecule has 2 aromatic carbocycles. The van der Waals surface area contributed by atoms with Crippen LogP contribution < -0.4 is 0 Å². The van der Waals surface area contributed by atoms with Crippen LogP contribution in [0.5, 0.6) is 0 Å². The van der Waals surface area contributed by atoms with E-state index in [1.54, 1.807) is 30.3 Å². The number of carbonyl (C=O) groups excluding carboxylic acids is 2. The number of hydrogen-bond acceptors (Lipinski definition) is 8. The van der Waals surface area contributed by atoms with E-state index in [1.165, 1.54) is 6.07 Å². The molecule has 0 radical (unpaired) electrons. The van der Waals surface area contributed by atoms with Gasteiger partial charge in [-0.25, -0.2) is 9.59 Å². The molecule has 0 atom stereocenters. The summed E-state index contributed by atoms with van der Waals surface area (Å²) in [5.74, 6) is -0.942. The third-order valence-electron chi connectivity index (χ3n) is 3.66. The van der Waals surface area contributed by atoms with Crippen LogP contribution in [0.1, 0.15) is 11.1 Å². The summed E-state index contributed by atoms with van der Waals surface area (Å²) < 4.78 is 9.54. The molecule has 0 bridgehead atoms. The van der Waals surface area contributed by atoms with E-state index < -0.39 is 33.3 Å². The Kier molecular flexibility index (Phi) is 7.07. The maximum absolute atomic E-state index is 11.9. The van der Waals surface area contributed by atoms with Gasteiger partial charge in [0.25, 0.3) is 0 Å². The molecule has 0 aliphatic carbocycles. The van der Waals surface area contributed by atoms with E-state index in [-0.39, 0.29) is 24.3 Å². The maximum atomic E-state index is 11.9. The Morgan fingerprint density at radius 2 is 1.62 bits per heavy atom. The molecule has 1 amide bonds. The first-order valence-corrected chi connectivity index (χ1v) is 8.10. The van der Waals surface area contributed by atoms with Crippen molar-refractivity contribution in [3.63, 3.8) is 0 Å². The van der Waals surface area contributed by atoms with Gasteiger partial charge in [-0.15, -0.1) is 0 Å². The molecule has 0 fully saturated rings. The van der Waals surface area contributed by atoms with Gasteiger partial charge < -0.3 is 9.47 Å². The van der Waals surface area contributed by atoms with Gasteiger partial charge in [-0.1, -0.05) is 36.4 Å². The summed E-state index contributed by atoms with van der Waals surface area (Å²) in [6.45, 7) is -0.0688. The Labute approximate surface area is 163 Å². The Morgan fingerprint density at radius 3 is 2.21 bits per heavy atom. The number of carbonyl (C=O) groups is 2. The van der Waals surface area contributed by atoms with Crippen molar-refractivity contribution in [2.75, 3.05) is 7.11 Å². The van der Waals surface area contributed by atoms with Crippen molar-refractivity contribution < 1.29 is 28.9 Å². The third-order valence-corrected chi connectivity index (χ3v) is 3.66. The van der Waals surface area contributed by atoms with Crippen LogP contribution in [0.25, 0.3) is 0 Å². The number of nitrogens with zero attached hydrogens (tertiary/aromatic N) is 3. The number of hydrogen-bond donors (Lipinski definition) is 0. The van der Waals surface area contributed by atoms with Crippen molar-refractivity contribution in [2.45, 2.75) is 13.0 Å². The lowest BCUT2D eigenvalue weighted by Crippen LogP contribution is -2.20. The largest absolute Gasteiger partial charge is 0.465 e. The first-order chi connectivity index (χ1) is 13.8. The number of esters is 1. The van der Waals surface area contributed by atoms with Crippen molar-refractivity contribution in [3.8, 4) is 0 Å². The van der Waals surface area contributed by atoms with E-state index in [2.05, 4.69) is 9.73 Å². The molecule has 11 heteroatoms. The first-order valence-electron chi connectivity index (χ1n) is 8.10. The van der Waals surface area contributed by atoms with E-state index >= 15 is 0 Å². The SMILES string of the molecule is COC(=O)C(Cc1ccc([N+](=O)[O-])c([N+](=O)[O-])c1)=NC(=O)OCc1ccccc1. The standard InChI is InChI=1S/C18H15N3O8/c1-28-17(22)14(19-18(23)29-11-12-5-3-2-4-6-12)9-13-7-8-15(20(24)25)16(10-13)21(26)27/h2-8,10H,9,11H2,1H3. The second kappa shape index (κ2) is 9.69. The second-order valence-corrected chi connectivity index (χ2v) is 5.60. The van der Waals surface area contributed by atoms with Gasteiger partial charge in [0.1, 0.15) is 12.3 Å². The maximum Gasteiger partial charge on any atom is 0.434 e. The molecule has 0 spiro atoms. The fraction of sp³-hybridized carbons (Fsp3) is 0.167. The van der Waals surface area contributed by atoms with Crippen LogP contribution in [-0.2, 0) is 27.3 Å². The summed E-state index contributed by atoms with van der Waals surface area (Å²) in [6, 6.07) is 11.9. The van der Waals surface area contributed by atoms with Gasteiger partial charge >= 0.3 is 23.4 Å². The van der Waals surface area contributed by atoms with Gasteiger partial charge in [-0.2, -0.15) is 4.99 Å². The van der Waals surface area contributed by atoms with Gasteiger partial charge in [-0.3, -0.25) is 20.2 Å². The Hall–Kier alpha value is -4.15. The highest BCUT2D eigenvalue weighted by atomic mass is 16.6. The molecule has 150 valence electrons. The number of methoxy groups -OCH3 is 1. The van der Waals surface area contributed by atoms with Crippen molar-refractivity contribution in [2.24, 2.45) is 4.99 Å². The van der Waals surface area contributed by atoms with Gasteiger partial charge in [0.2, 0.25) is 0 Å². The molecule has 0 aliphatic heterocycles. The van der Waals surface area contributed by atoms with E-state index in [0.29, 0.717) is 5.56 Å². The molecule has 0 saturated heterocycles. The number of ether oxygens (including phenoxy) is 2. The molecule has 0 unspecified atom stereocenters. The molecule has 2 aromatic rings. The highest BCUT2D eigenvalue weighted by Gasteiger charge is 2.25. The van der Waals surface area contributed by atoms with Crippen molar-refractivity contribution in [3.05, 3.63) is 79.9 Å². The van der Waals surface area contributed by atoms with E-state index in [9.17, 15) is 29.8 Å². The first kappa shape index (κ1) is 21.2. The zero-order valence-electron chi connectivity index (χ0n) is 15.1. The van der Waals surface area contributed by atoms with Crippen LogP contribution in [0.4, 0.5) is 16.2 Å². The lowest BCUT2D eigenvalue weighted by Gasteiger charge is -2.06. The topological polar surface area (TPSA) is 151 Å². The summed E-state index contributed by atoms with van der Waals surface area (Å²) >= 11 is 0. The van der Waals surface area contributed by atoms with Gasteiger partial charge in [0.05, 0.1) is 17.0 Å². The van der Waals surface area contributed by atoms with Crippen LogP contribution in [0.15, 0.2) is 53.5 Å². The molecule has 0 aliphatic rings. The predicted octanol–water partition coefficient (Wildman–Crippen LogP) is 3.00. The predicted molar refractivity (Wildman–Crippen MR) is 99.5 cm³/mol. The van der Waals surface area contributed by atoms with Crippen LogP contribution in [0.3, 0.4) is 0 Å². The van der Waals surface area contributed by atoms with Gasteiger partial charge in [-0.05, 0) is 11.1 Å². The highest BCUT2D eigenvalue weighted by Crippen LogP contribution is 2.27. The van der Waals surface area contributed by atoms with Crippen LogP contribution >= 0.6 is 0 Å². The third kappa shape index (κ3) is 5.92. The zero-order valence-corrected chi connectivity index (χ0v) is 15.1. The van der Waals surface area contributed by atoms with E-state index in [0.717, 1.165) is 19.2 Å². The van der Waals surface area contributed by atoms with Gasteiger partial charge in [0.15, 0.2) is 0 Å². The lowest BCUT2D eigenvalue weighted by molar-refractivity contribution is -0.422. The van der Waals surface area contributed by atoms with E-state index in [4.69, 9.17) is 4.74 Å². The molecule has 29 heavy (non-hydrogen) atoms. The normalized spacial score (nSPS) is 10.9. The number of benzene rings is 2. The van der Waals surface area contributed by atoms with Crippen molar-refractivity contribution >= 4 is 29.1 Å². The molecule has 0 saturated carbocycles. The van der Waals surface area contributed by atoms with E-state index in [1.807, 2.05) is 0 Å². The summed E-state index contributed by atoms with van der Waals surface area (Å²) in [7, 11) is 1.07. The van der Waals surface area contributed by atoms with Crippen molar-refractivity contribution in [1.29, 1.82) is 0 Å². The Morgan fingerprint density at radius 1 is 0.966 bits per heavy atom. The molecule has 11 nitrogen and oxygen atoms in total. The highest BCUT2D eigenvalue weighted by molar-refractivity contribution is 6.38. The summed E-state index contributed by atoms with van der Waals surface area (Å²) in [5, 5.41) is 21.9. The van der Waals surface area contributed by atoms with Crippen molar-refractivity contribution in [1.82, 2.24) is 0 Å². The number of rotatable bonds is 7. The quantitative estimate of drug-likeness (QED) is 0.297. The molecule has 0 N–H and O–H groups in total. The summed E-state index contributed by atoms with van der Waals surface area (Å²) in [4.78, 5) is 47.6. The number of aliphatic imine (C=N–C) groups is 1. The van der Waals surface area contributed by atoms with Crippen LogP contribution in [0, 0.1) is 20.2 Å². The average molecular weight is 401 g/mol. The molecule has 2 rings (SSSR count). The number of nitro groups is 2. The minimum Gasteiger partial charge on any atom is -0.465 e. The molecular formula is C18H15N3O8. The fourth-order valence-corrected chi connectivity index (χ4v) is 2.31. The summed E-state index contributed by atoms with van der Waals surface area (Å²) in [5.41, 5.74) is -0.946. The summed E-state index contributed by atoms with van der Waals surface area (Å²) in [6.07, 6.45) is -1.38. The fourth-order valence-electron chi connectivity index (χ4n) is 2.31. The molecular weight excluding hydrogens is 386 g/mol. The molecule has 0 heterocycles. The Balaban J connectivity index is 2.22. The average Bonchev–Trinajstić information content (AvgIpc) is 2.71. The lowest BCUT2D eigenvalue weighted by atomic mass is 10.1. The monoisotopic (exact) mass is 401 g/mol. The Bertz CT molecular complexity index is 972. The minimum absolute atomic E-state index is 0.0688. The number of amides is 1. The minimum atomic E-state index is -1.05. The molecule has 0 aromatic heterocycles. The smallest absolute Gasteiger partial charge is 0.434 e. The van der Waals surface area contributed by atoms with Crippen LogP contribution in [0.2, 0.25) is 0 Å². The van der Waals surface area contributed by atoms with Gasteiger partial charge in [0, 0.05) is 18.6 Å². The zero-order chi connectivity index (χ0) is 21.4. The number of nitro benzene ring substituents is 2. The second-order valence-electron chi connectivity index (χ2n) is 5.60.